The van der Waals surface area contributed by atoms with E-state index in [1.54, 1.807) is 14.7 Å². The van der Waals surface area contributed by atoms with Crippen molar-refractivity contribution in [3.8, 4) is 11.3 Å². The number of nitrogens with two attached hydrogens (primary N) is 1. The Hall–Kier alpha value is -5.73. The van der Waals surface area contributed by atoms with Crippen molar-refractivity contribution < 1.29 is 46.3 Å². The van der Waals surface area contributed by atoms with Gasteiger partial charge in [-0.2, -0.15) is 18.3 Å². The number of alkyl halides is 3. The van der Waals surface area contributed by atoms with E-state index in [1.807, 2.05) is 5.10 Å². The highest BCUT2D eigenvalue weighted by atomic mass is 35.5. The van der Waals surface area contributed by atoms with Gasteiger partial charge in [0.2, 0.25) is 0 Å². The van der Waals surface area contributed by atoms with Gasteiger partial charge in [-0.25, -0.2) is 19.0 Å². The van der Waals surface area contributed by atoms with Gasteiger partial charge in [-0.05, 0) is 36.4 Å². The van der Waals surface area contributed by atoms with Crippen LogP contribution in [-0.4, -0.2) is 147 Å². The first-order valence-electron chi connectivity index (χ1n) is 18.5. The number of carboxylic acids is 1. The molecule has 3 saturated heterocycles. The fourth-order valence-electron chi connectivity index (χ4n) is 7.70. The molecule has 5 heterocycles. The zero-order chi connectivity index (χ0) is 41.4. The number of piperazine rings is 2. The van der Waals surface area contributed by atoms with Gasteiger partial charge in [0.05, 0.1) is 49.0 Å². The number of anilines is 2. The van der Waals surface area contributed by atoms with E-state index in [0.29, 0.717) is 49.7 Å². The number of carboxylic acid groups (broad SMARTS) is 1. The van der Waals surface area contributed by atoms with Crippen molar-refractivity contribution in [3.63, 3.8) is 0 Å². The van der Waals surface area contributed by atoms with E-state index < -0.39 is 36.0 Å². The predicted octanol–water partition coefficient (Wildman–Crippen LogP) is 3.35. The van der Waals surface area contributed by atoms with Crippen LogP contribution >= 0.6 is 11.6 Å². The summed E-state index contributed by atoms with van der Waals surface area (Å²) in [7, 11) is 0. The standard InChI is InChI=1S/C37H40ClF4N11O5/c38-28-15-23(47-34(56)33-45-18-24(46-33)14-27-31(48-49-32(27)37(40,41)42)26-3-1-22(43)13-29(26)39)2-4-25(28)35(57)50-5-7-51(8-6-50)36(58)52-9-11-53(12-10-52,20-30(54)55)19-21-16-44-17-21/h1-4,13,15,18,21,44H,5-12,14,16-17,19-20H2,(H5-,43,45,46,47,48,49,54,55,56,57)/p+1. The summed E-state index contributed by atoms with van der Waals surface area (Å²) < 4.78 is 56.8. The SMILES string of the molecule is Nc1ccc(-c2n[nH]c(C(F)(F)F)c2Cc2cnc(C(=O)Nc3ccc(C(=O)N4CCN(C(=O)N5CC[N+](CC(=O)O)(CC6CNC6)CC5)CC4)c(Cl)c3)[nH]2)c(F)c1. The lowest BCUT2D eigenvalue weighted by Crippen LogP contribution is -2.67. The summed E-state index contributed by atoms with van der Waals surface area (Å²) in [6.07, 6.45) is -4.09. The number of amides is 4. The summed E-state index contributed by atoms with van der Waals surface area (Å²) >= 11 is 6.50. The lowest BCUT2D eigenvalue weighted by molar-refractivity contribution is -0.928. The van der Waals surface area contributed by atoms with Gasteiger partial charge in [0.25, 0.3) is 11.8 Å². The molecule has 0 radical (unpaired) electrons. The van der Waals surface area contributed by atoms with E-state index in [1.165, 1.54) is 36.5 Å². The van der Waals surface area contributed by atoms with Crippen molar-refractivity contribution in [2.75, 3.05) is 89.6 Å². The number of hydrogen-bond donors (Lipinski definition) is 6. The van der Waals surface area contributed by atoms with E-state index in [4.69, 9.17) is 17.3 Å². The number of H-pyrrole nitrogens is 2. The topological polar surface area (TPSA) is 206 Å². The second-order valence-corrected chi connectivity index (χ2v) is 15.2. The molecule has 2 aromatic heterocycles. The van der Waals surface area contributed by atoms with Gasteiger partial charge < -0.3 is 45.6 Å². The molecule has 3 fully saturated rings. The van der Waals surface area contributed by atoms with Crippen molar-refractivity contribution in [2.45, 2.75) is 12.6 Å². The Morgan fingerprint density at radius 1 is 0.983 bits per heavy atom. The van der Waals surface area contributed by atoms with Gasteiger partial charge in [-0.3, -0.25) is 14.7 Å². The highest BCUT2D eigenvalue weighted by Gasteiger charge is 2.41. The molecule has 0 bridgehead atoms. The normalized spacial score (nSPS) is 17.2. The van der Waals surface area contributed by atoms with Crippen LogP contribution in [0.3, 0.4) is 0 Å². The van der Waals surface area contributed by atoms with Crippen LogP contribution in [-0.2, 0) is 17.4 Å². The highest BCUT2D eigenvalue weighted by Crippen LogP contribution is 2.37. The largest absolute Gasteiger partial charge is 0.477 e. The van der Waals surface area contributed by atoms with Crippen molar-refractivity contribution in [2.24, 2.45) is 5.92 Å². The van der Waals surface area contributed by atoms with Crippen LogP contribution in [0.15, 0.2) is 42.6 Å². The average Bonchev–Trinajstić information content (AvgIpc) is 3.81. The third-order valence-corrected chi connectivity index (χ3v) is 11.2. The number of hydrogen-bond acceptors (Lipinski definition) is 8. The number of halogens is 5. The van der Waals surface area contributed by atoms with Crippen molar-refractivity contribution in [3.05, 3.63) is 81.8 Å². The van der Waals surface area contributed by atoms with Gasteiger partial charge in [0.1, 0.15) is 11.5 Å². The van der Waals surface area contributed by atoms with Crippen molar-refractivity contribution >= 4 is 46.8 Å². The molecule has 4 aromatic rings. The number of benzene rings is 2. The second kappa shape index (κ2) is 16.3. The number of rotatable bonds is 10. The number of quaternary nitrogens is 1. The van der Waals surface area contributed by atoms with Gasteiger partial charge >= 0.3 is 18.2 Å². The number of imidazole rings is 1. The molecule has 58 heavy (non-hydrogen) atoms. The van der Waals surface area contributed by atoms with Crippen molar-refractivity contribution in [1.82, 2.24) is 40.2 Å². The summed E-state index contributed by atoms with van der Waals surface area (Å²) in [5, 5.41) is 21.1. The number of nitrogens with one attached hydrogen (secondary N) is 4. The van der Waals surface area contributed by atoms with E-state index in [-0.39, 0.29) is 81.9 Å². The van der Waals surface area contributed by atoms with Crippen LogP contribution in [0.25, 0.3) is 11.3 Å². The Labute approximate surface area is 333 Å². The Balaban J connectivity index is 0.933. The zero-order valence-corrected chi connectivity index (χ0v) is 31.8. The van der Waals surface area contributed by atoms with Crippen molar-refractivity contribution in [1.29, 1.82) is 0 Å². The molecular weight excluding hydrogens is 790 g/mol. The van der Waals surface area contributed by atoms with E-state index in [2.05, 4.69) is 25.7 Å². The number of nitrogens with zero attached hydrogens (tertiary/aromatic N) is 6. The fraction of sp³-hybridized carbons (Fsp3) is 0.405. The summed E-state index contributed by atoms with van der Waals surface area (Å²) in [5.41, 5.74) is 4.16. The first-order chi connectivity index (χ1) is 27.6. The minimum atomic E-state index is -4.84. The number of carbonyl (C=O) groups is 4. The molecule has 3 aliphatic heterocycles. The minimum Gasteiger partial charge on any atom is -0.477 e. The molecule has 0 atom stereocenters. The number of urea groups is 1. The maximum Gasteiger partial charge on any atom is 0.433 e. The lowest BCUT2D eigenvalue weighted by atomic mass is 10.0. The molecule has 2 aromatic carbocycles. The van der Waals surface area contributed by atoms with Crippen LogP contribution in [0, 0.1) is 11.7 Å². The van der Waals surface area contributed by atoms with E-state index >= 15 is 0 Å². The molecule has 308 valence electrons. The molecule has 7 N–H and O–H groups in total. The summed E-state index contributed by atoms with van der Waals surface area (Å²) in [4.78, 5) is 63.4. The highest BCUT2D eigenvalue weighted by molar-refractivity contribution is 6.34. The van der Waals surface area contributed by atoms with Gasteiger partial charge in [-0.15, -0.1) is 0 Å². The molecule has 3 aliphatic rings. The Morgan fingerprint density at radius 3 is 2.29 bits per heavy atom. The van der Waals surface area contributed by atoms with Crippen LogP contribution in [0.2, 0.25) is 5.02 Å². The maximum absolute atomic E-state index is 14.7. The molecule has 0 saturated carbocycles. The number of aromatic nitrogens is 4. The third-order valence-electron chi connectivity index (χ3n) is 10.8. The molecule has 0 aliphatic carbocycles. The molecule has 7 rings (SSSR count). The molecule has 4 amide bonds. The van der Waals surface area contributed by atoms with Gasteiger partial charge in [0.15, 0.2) is 12.4 Å². The van der Waals surface area contributed by atoms with E-state index in [9.17, 15) is 41.8 Å². The number of aliphatic carboxylic acids is 1. The van der Waals surface area contributed by atoms with Crippen LogP contribution < -0.4 is 16.4 Å². The molecule has 0 spiro atoms. The Kier molecular flexibility index (Phi) is 11.3. The first kappa shape index (κ1) is 40.5. The molecule has 16 nitrogen and oxygen atoms in total. The Bertz CT molecular complexity index is 2210. The monoisotopic (exact) mass is 830 g/mol. The van der Waals surface area contributed by atoms with Crippen LogP contribution in [0.4, 0.5) is 33.7 Å². The van der Waals surface area contributed by atoms with Gasteiger partial charge in [0, 0.05) is 86.0 Å². The second-order valence-electron chi connectivity index (χ2n) is 14.8. The molecule has 21 heteroatoms. The molecule has 0 unspecified atom stereocenters. The van der Waals surface area contributed by atoms with E-state index in [0.717, 1.165) is 25.7 Å². The quantitative estimate of drug-likeness (QED) is 0.0787. The minimum absolute atomic E-state index is 0.0314. The Morgan fingerprint density at radius 2 is 1.67 bits per heavy atom. The smallest absolute Gasteiger partial charge is 0.433 e. The predicted molar refractivity (Wildman–Crippen MR) is 202 cm³/mol. The first-order valence-corrected chi connectivity index (χ1v) is 18.9. The van der Waals surface area contributed by atoms with Crippen LogP contribution in [0.1, 0.15) is 37.9 Å². The van der Waals surface area contributed by atoms with Crippen LogP contribution in [0.5, 0.6) is 0 Å². The molecular formula is C37H41ClF4N11O5+. The summed E-state index contributed by atoms with van der Waals surface area (Å²) in [5.74, 6) is -2.61. The number of aromatic amines is 2. The average molecular weight is 831 g/mol. The maximum atomic E-state index is 14.7. The fourth-order valence-corrected chi connectivity index (χ4v) is 7.96. The van der Waals surface area contributed by atoms with Gasteiger partial charge in [-0.1, -0.05) is 11.6 Å². The number of carbonyl (C=O) groups excluding carboxylic acids is 3. The number of nitrogen functional groups attached to an aromatic ring is 1. The summed E-state index contributed by atoms with van der Waals surface area (Å²) in [6, 6.07) is 7.70. The summed E-state index contributed by atoms with van der Waals surface area (Å²) in [6.45, 7) is 5.73. The zero-order valence-electron chi connectivity index (χ0n) is 31.0. The third kappa shape index (κ3) is 8.72. The lowest BCUT2D eigenvalue weighted by Gasteiger charge is -2.47.